The first-order valence-electron chi connectivity index (χ1n) is 6.59. The summed E-state index contributed by atoms with van der Waals surface area (Å²) < 4.78 is 11.0. The Kier molecular flexibility index (Phi) is 5.36. The number of ether oxygens (including phenoxy) is 2. The first kappa shape index (κ1) is 15.5. The monoisotopic (exact) mass is 265 g/mol. The van der Waals surface area contributed by atoms with E-state index in [1.165, 1.54) is 0 Å². The molecule has 106 valence electrons. The van der Waals surface area contributed by atoms with Crippen molar-refractivity contribution in [2.24, 2.45) is 0 Å². The van der Waals surface area contributed by atoms with Crippen molar-refractivity contribution in [2.45, 2.75) is 33.2 Å². The predicted molar refractivity (Wildman–Crippen MR) is 76.2 cm³/mol. The van der Waals surface area contributed by atoms with Gasteiger partial charge in [0.25, 0.3) is 0 Å². The molecule has 0 heterocycles. The summed E-state index contributed by atoms with van der Waals surface area (Å²) in [5, 5.41) is 3.01. The van der Waals surface area contributed by atoms with Crippen LogP contribution in [0.3, 0.4) is 0 Å². The van der Waals surface area contributed by atoms with Crippen molar-refractivity contribution in [3.8, 4) is 11.5 Å². The van der Waals surface area contributed by atoms with E-state index < -0.39 is 5.54 Å². The highest BCUT2D eigenvalue weighted by molar-refractivity contribution is 6.03. The van der Waals surface area contributed by atoms with Crippen molar-refractivity contribution in [3.05, 3.63) is 23.8 Å². The molecule has 19 heavy (non-hydrogen) atoms. The molecule has 0 spiro atoms. The summed E-state index contributed by atoms with van der Waals surface area (Å²) in [5.41, 5.74) is 0.0163. The van der Waals surface area contributed by atoms with Crippen molar-refractivity contribution in [3.63, 3.8) is 0 Å². The predicted octanol–water partition coefficient (Wildman–Crippen LogP) is 2.66. The molecule has 0 unspecified atom stereocenters. The molecule has 0 amide bonds. The molecule has 0 aromatic heterocycles. The molecule has 0 saturated carbocycles. The number of carbonyl (C=O) groups is 1. The summed E-state index contributed by atoms with van der Waals surface area (Å²) in [6.07, 6.45) is 0. The SMILES string of the molecule is CCOc1ccc(C(=O)C(C)(C)NC)cc1OCC. The fourth-order valence-electron chi connectivity index (χ4n) is 1.67. The lowest BCUT2D eigenvalue weighted by atomic mass is 9.93. The third-order valence-corrected chi connectivity index (χ3v) is 3.00. The van der Waals surface area contributed by atoms with Crippen LogP contribution >= 0.6 is 0 Å². The zero-order valence-electron chi connectivity index (χ0n) is 12.4. The summed E-state index contributed by atoms with van der Waals surface area (Å²) >= 11 is 0. The van der Waals surface area contributed by atoms with Crippen LogP contribution in [0.4, 0.5) is 0 Å². The number of Topliss-reactive ketones (excluding diaryl/α,β-unsaturated/α-hetero) is 1. The molecule has 0 aliphatic rings. The van der Waals surface area contributed by atoms with Gasteiger partial charge in [-0.15, -0.1) is 0 Å². The van der Waals surface area contributed by atoms with Gasteiger partial charge in [0.05, 0.1) is 18.8 Å². The number of ketones is 1. The third kappa shape index (κ3) is 3.70. The molecule has 1 aromatic carbocycles. The molecule has 0 radical (unpaired) electrons. The van der Waals surface area contributed by atoms with Gasteiger partial charge >= 0.3 is 0 Å². The largest absolute Gasteiger partial charge is 0.490 e. The van der Waals surface area contributed by atoms with Gasteiger partial charge in [0.1, 0.15) is 0 Å². The number of benzene rings is 1. The Labute approximate surface area is 115 Å². The first-order chi connectivity index (χ1) is 8.96. The van der Waals surface area contributed by atoms with Gasteiger partial charge in [-0.3, -0.25) is 4.79 Å². The minimum absolute atomic E-state index is 0.0269. The summed E-state index contributed by atoms with van der Waals surface area (Å²) in [6.45, 7) is 8.63. The minimum Gasteiger partial charge on any atom is -0.490 e. The second-order valence-electron chi connectivity index (χ2n) is 4.73. The maximum Gasteiger partial charge on any atom is 0.182 e. The number of carbonyl (C=O) groups excluding carboxylic acids is 1. The summed E-state index contributed by atoms with van der Waals surface area (Å²) in [4.78, 5) is 12.4. The molecule has 0 saturated heterocycles. The molecule has 1 aromatic rings. The van der Waals surface area contributed by atoms with Crippen molar-refractivity contribution in [1.29, 1.82) is 0 Å². The topological polar surface area (TPSA) is 47.6 Å². The summed E-state index contributed by atoms with van der Waals surface area (Å²) in [6, 6.07) is 5.30. The van der Waals surface area contributed by atoms with E-state index in [9.17, 15) is 4.79 Å². The summed E-state index contributed by atoms with van der Waals surface area (Å²) in [7, 11) is 1.77. The van der Waals surface area contributed by atoms with Crippen LogP contribution in [0.1, 0.15) is 38.1 Å². The summed E-state index contributed by atoms with van der Waals surface area (Å²) in [5.74, 6) is 1.31. The highest BCUT2D eigenvalue weighted by Gasteiger charge is 2.27. The van der Waals surface area contributed by atoms with Crippen LogP contribution in [-0.4, -0.2) is 31.6 Å². The van der Waals surface area contributed by atoms with Crippen molar-refractivity contribution in [1.82, 2.24) is 5.32 Å². The Bertz CT molecular complexity index is 441. The Hall–Kier alpha value is -1.55. The number of hydrogen-bond donors (Lipinski definition) is 1. The number of hydrogen-bond acceptors (Lipinski definition) is 4. The fourth-order valence-corrected chi connectivity index (χ4v) is 1.67. The lowest BCUT2D eigenvalue weighted by Gasteiger charge is -2.23. The van der Waals surface area contributed by atoms with Crippen LogP contribution in [-0.2, 0) is 0 Å². The second kappa shape index (κ2) is 6.57. The van der Waals surface area contributed by atoms with Gasteiger partial charge in [-0.1, -0.05) is 0 Å². The average Bonchev–Trinajstić information content (AvgIpc) is 2.40. The molecule has 0 fully saturated rings. The van der Waals surface area contributed by atoms with E-state index in [0.29, 0.717) is 30.3 Å². The average molecular weight is 265 g/mol. The van der Waals surface area contributed by atoms with E-state index in [1.54, 1.807) is 25.2 Å². The van der Waals surface area contributed by atoms with Crippen LogP contribution < -0.4 is 14.8 Å². The molecule has 0 aliphatic heterocycles. The number of rotatable bonds is 7. The van der Waals surface area contributed by atoms with Gasteiger partial charge in [-0.25, -0.2) is 0 Å². The lowest BCUT2D eigenvalue weighted by molar-refractivity contribution is 0.0889. The van der Waals surface area contributed by atoms with Crippen LogP contribution in [0.25, 0.3) is 0 Å². The van der Waals surface area contributed by atoms with Crippen LogP contribution in [0.2, 0.25) is 0 Å². The van der Waals surface area contributed by atoms with Crippen molar-refractivity contribution in [2.75, 3.05) is 20.3 Å². The van der Waals surface area contributed by atoms with Crippen molar-refractivity contribution >= 4 is 5.78 Å². The smallest absolute Gasteiger partial charge is 0.182 e. The standard InChI is InChI=1S/C15H23NO3/c1-6-18-12-9-8-11(10-13(12)19-7-2)14(17)15(3,4)16-5/h8-10,16H,6-7H2,1-5H3. The Morgan fingerprint density at radius 2 is 1.74 bits per heavy atom. The van der Waals surface area contributed by atoms with E-state index in [1.807, 2.05) is 27.7 Å². The second-order valence-corrected chi connectivity index (χ2v) is 4.73. The molecule has 4 heteroatoms. The zero-order chi connectivity index (χ0) is 14.5. The van der Waals surface area contributed by atoms with Gasteiger partial charge in [-0.05, 0) is 52.9 Å². The van der Waals surface area contributed by atoms with Gasteiger partial charge in [0.2, 0.25) is 0 Å². The van der Waals surface area contributed by atoms with E-state index in [0.717, 1.165) is 0 Å². The number of nitrogens with one attached hydrogen (secondary N) is 1. The van der Waals surface area contributed by atoms with Gasteiger partial charge in [-0.2, -0.15) is 0 Å². The first-order valence-corrected chi connectivity index (χ1v) is 6.59. The molecule has 0 aliphatic carbocycles. The molecule has 4 nitrogen and oxygen atoms in total. The van der Waals surface area contributed by atoms with Crippen LogP contribution in [0, 0.1) is 0 Å². The highest BCUT2D eigenvalue weighted by Crippen LogP contribution is 2.29. The quantitative estimate of drug-likeness (QED) is 0.770. The van der Waals surface area contributed by atoms with Crippen LogP contribution in [0.5, 0.6) is 11.5 Å². The third-order valence-electron chi connectivity index (χ3n) is 3.00. The van der Waals surface area contributed by atoms with E-state index in [2.05, 4.69) is 5.32 Å². The van der Waals surface area contributed by atoms with Crippen molar-refractivity contribution < 1.29 is 14.3 Å². The maximum atomic E-state index is 12.4. The molecular formula is C15H23NO3. The van der Waals surface area contributed by atoms with E-state index in [4.69, 9.17) is 9.47 Å². The number of likely N-dealkylation sites (N-methyl/N-ethyl adjacent to an activating group) is 1. The zero-order valence-corrected chi connectivity index (χ0v) is 12.4. The molecule has 0 bridgehead atoms. The molecular weight excluding hydrogens is 242 g/mol. The maximum absolute atomic E-state index is 12.4. The van der Waals surface area contributed by atoms with E-state index >= 15 is 0 Å². The molecule has 1 N–H and O–H groups in total. The Morgan fingerprint density at radius 1 is 1.16 bits per heavy atom. The molecule has 0 atom stereocenters. The minimum atomic E-state index is -0.601. The van der Waals surface area contributed by atoms with Gasteiger partial charge in [0.15, 0.2) is 17.3 Å². The Balaban J connectivity index is 3.10. The van der Waals surface area contributed by atoms with Gasteiger partial charge < -0.3 is 14.8 Å². The molecule has 1 rings (SSSR count). The van der Waals surface area contributed by atoms with E-state index in [-0.39, 0.29) is 5.78 Å². The normalized spacial score (nSPS) is 11.2. The Morgan fingerprint density at radius 3 is 2.26 bits per heavy atom. The fraction of sp³-hybridized carbons (Fsp3) is 0.533. The van der Waals surface area contributed by atoms with Crippen LogP contribution in [0.15, 0.2) is 18.2 Å². The highest BCUT2D eigenvalue weighted by atomic mass is 16.5. The van der Waals surface area contributed by atoms with Gasteiger partial charge in [0, 0.05) is 5.56 Å². The lowest BCUT2D eigenvalue weighted by Crippen LogP contribution is -2.44.